The number of ether oxygens (including phenoxy) is 3. The molecule has 0 fully saturated rings. The SMILES string of the molecule is CC/C=C/C/C=C/C/C=C/CCCCCCCCCCCC(=O)OCC(COCCC(C(=O)O)[N+](C)(C)C)OC(=O)CCCCCCCCCCCCCCCCCCCCCCCCC. The molecule has 66 heavy (non-hydrogen) atoms. The average Bonchev–Trinajstić information content (AvgIpc) is 3.28. The first-order chi connectivity index (χ1) is 32.1. The van der Waals surface area contributed by atoms with Crippen LogP contribution in [0.4, 0.5) is 0 Å². The number of aliphatic carboxylic acids is 1. The fourth-order valence-electron chi connectivity index (χ4n) is 8.52. The Morgan fingerprint density at radius 3 is 1.26 bits per heavy atom. The van der Waals surface area contributed by atoms with Crippen LogP contribution in [0.2, 0.25) is 0 Å². The number of allylic oxidation sites excluding steroid dienone is 6. The lowest BCUT2D eigenvalue weighted by atomic mass is 10.0. The van der Waals surface area contributed by atoms with Gasteiger partial charge >= 0.3 is 17.9 Å². The summed E-state index contributed by atoms with van der Waals surface area (Å²) < 4.78 is 17.4. The fourth-order valence-corrected chi connectivity index (χ4v) is 8.52. The number of nitrogens with zero attached hydrogens (tertiary/aromatic N) is 1. The lowest BCUT2D eigenvalue weighted by molar-refractivity contribution is -0.887. The molecule has 0 heterocycles. The maximum atomic E-state index is 12.8. The summed E-state index contributed by atoms with van der Waals surface area (Å²) in [6, 6.07) is -0.615. The van der Waals surface area contributed by atoms with E-state index in [-0.39, 0.29) is 36.2 Å². The Labute approximate surface area is 408 Å². The average molecular weight is 932 g/mol. The van der Waals surface area contributed by atoms with Gasteiger partial charge in [-0.1, -0.05) is 237 Å². The van der Waals surface area contributed by atoms with E-state index < -0.39 is 18.1 Å². The summed E-state index contributed by atoms with van der Waals surface area (Å²) >= 11 is 0. The molecule has 2 unspecified atom stereocenters. The van der Waals surface area contributed by atoms with Gasteiger partial charge in [-0.2, -0.15) is 0 Å². The second-order valence-electron chi connectivity index (χ2n) is 20.2. The first-order valence-electron chi connectivity index (χ1n) is 28.0. The number of rotatable bonds is 51. The number of carbonyl (C=O) groups excluding carboxylic acids is 2. The van der Waals surface area contributed by atoms with Gasteiger partial charge in [-0.15, -0.1) is 0 Å². The molecule has 0 rings (SSSR count). The van der Waals surface area contributed by atoms with Gasteiger partial charge in [0.25, 0.3) is 0 Å². The van der Waals surface area contributed by atoms with Crippen LogP contribution >= 0.6 is 0 Å². The Balaban J connectivity index is 4.15. The van der Waals surface area contributed by atoms with E-state index in [9.17, 15) is 19.5 Å². The van der Waals surface area contributed by atoms with Gasteiger partial charge in [-0.3, -0.25) is 9.59 Å². The minimum atomic E-state index is -0.872. The maximum Gasteiger partial charge on any atom is 0.362 e. The quantitative estimate of drug-likeness (QED) is 0.0281. The van der Waals surface area contributed by atoms with Crippen LogP contribution in [0.3, 0.4) is 0 Å². The van der Waals surface area contributed by atoms with Crippen LogP contribution in [-0.2, 0) is 28.6 Å². The summed E-state index contributed by atoms with van der Waals surface area (Å²) in [4.78, 5) is 37.3. The molecule has 8 nitrogen and oxygen atoms in total. The molecule has 0 aromatic heterocycles. The molecule has 0 spiro atoms. The minimum absolute atomic E-state index is 0.0502. The van der Waals surface area contributed by atoms with Crippen LogP contribution in [-0.4, -0.2) is 80.6 Å². The monoisotopic (exact) mass is 931 g/mol. The standard InChI is InChI=1S/C58H107NO7/c1-6-8-10-12-14-16-18-20-22-24-26-27-28-29-31-33-35-37-39-41-43-45-47-49-57(61)66-54(52-64-51-50-55(58(62)63)59(3,4)5)53-65-56(60)48-46-44-42-40-38-36-34-32-30-25-23-21-19-17-15-13-11-9-7-2/h9,11,15,17,21,23,54-55H,6-8,10,12-14,16,18-20,22,24-53H2,1-5H3/p+1/b11-9+,17-15+,23-21+. The summed E-state index contributed by atoms with van der Waals surface area (Å²) in [6.07, 6.45) is 59.2. The second kappa shape index (κ2) is 49.0. The molecule has 2 atom stereocenters. The van der Waals surface area contributed by atoms with E-state index in [1.807, 2.05) is 21.1 Å². The third kappa shape index (κ3) is 46.7. The summed E-state index contributed by atoms with van der Waals surface area (Å²) in [5.41, 5.74) is 0. The van der Waals surface area contributed by atoms with Gasteiger partial charge in [0, 0.05) is 19.3 Å². The van der Waals surface area contributed by atoms with E-state index in [0.717, 1.165) is 57.8 Å². The van der Waals surface area contributed by atoms with Gasteiger partial charge in [0.05, 0.1) is 34.4 Å². The van der Waals surface area contributed by atoms with Crippen LogP contribution in [0.1, 0.15) is 264 Å². The van der Waals surface area contributed by atoms with Gasteiger partial charge in [0.15, 0.2) is 12.1 Å². The molecule has 0 aliphatic carbocycles. The van der Waals surface area contributed by atoms with E-state index in [2.05, 4.69) is 50.3 Å². The molecule has 0 aliphatic rings. The highest BCUT2D eigenvalue weighted by Gasteiger charge is 2.31. The Kier molecular flexibility index (Phi) is 47.2. The second-order valence-corrected chi connectivity index (χ2v) is 20.2. The molecule has 0 amide bonds. The zero-order chi connectivity index (χ0) is 48.4. The van der Waals surface area contributed by atoms with Gasteiger partial charge in [-0.05, 0) is 44.9 Å². The number of esters is 2. The van der Waals surface area contributed by atoms with Crippen molar-refractivity contribution in [3.8, 4) is 0 Å². The zero-order valence-corrected chi connectivity index (χ0v) is 44.2. The van der Waals surface area contributed by atoms with Crippen LogP contribution < -0.4 is 0 Å². The molecule has 8 heteroatoms. The predicted molar refractivity (Wildman–Crippen MR) is 280 cm³/mol. The van der Waals surface area contributed by atoms with E-state index in [1.54, 1.807) is 0 Å². The number of hydrogen-bond donors (Lipinski definition) is 1. The molecule has 0 bridgehead atoms. The molecular formula is C58H108NO7+. The Hall–Kier alpha value is -2.45. The summed E-state index contributed by atoms with van der Waals surface area (Å²) in [6.45, 7) is 4.67. The van der Waals surface area contributed by atoms with Crippen molar-refractivity contribution in [1.82, 2.24) is 0 Å². The van der Waals surface area contributed by atoms with Crippen LogP contribution in [0.15, 0.2) is 36.5 Å². The van der Waals surface area contributed by atoms with Crippen molar-refractivity contribution in [3.63, 3.8) is 0 Å². The third-order valence-electron chi connectivity index (χ3n) is 12.8. The smallest absolute Gasteiger partial charge is 0.362 e. The number of carboxylic acids is 1. The number of carboxylic acid groups (broad SMARTS) is 1. The van der Waals surface area contributed by atoms with Crippen molar-refractivity contribution >= 4 is 17.9 Å². The molecule has 1 N–H and O–H groups in total. The normalized spacial score (nSPS) is 13.0. The lowest BCUT2D eigenvalue weighted by Crippen LogP contribution is -2.50. The van der Waals surface area contributed by atoms with Crippen molar-refractivity contribution in [2.75, 3.05) is 41.0 Å². The van der Waals surface area contributed by atoms with E-state index in [1.165, 1.54) is 173 Å². The van der Waals surface area contributed by atoms with Crippen molar-refractivity contribution in [2.24, 2.45) is 0 Å². The number of unbranched alkanes of at least 4 members (excludes halogenated alkanes) is 31. The number of hydrogen-bond acceptors (Lipinski definition) is 6. The lowest BCUT2D eigenvalue weighted by Gasteiger charge is -2.31. The molecule has 386 valence electrons. The Morgan fingerprint density at radius 1 is 0.470 bits per heavy atom. The summed E-state index contributed by atoms with van der Waals surface area (Å²) in [5, 5.41) is 9.67. The first kappa shape index (κ1) is 63.5. The highest BCUT2D eigenvalue weighted by Crippen LogP contribution is 2.17. The third-order valence-corrected chi connectivity index (χ3v) is 12.8. The number of quaternary nitrogens is 1. The predicted octanol–water partition coefficient (Wildman–Crippen LogP) is 16.5. The van der Waals surface area contributed by atoms with Crippen LogP contribution in [0.5, 0.6) is 0 Å². The van der Waals surface area contributed by atoms with Gasteiger partial charge in [0.1, 0.15) is 6.61 Å². The molecule has 0 saturated heterocycles. The van der Waals surface area contributed by atoms with E-state index in [0.29, 0.717) is 19.3 Å². The van der Waals surface area contributed by atoms with Crippen molar-refractivity contribution < 1.29 is 38.2 Å². The molecule has 0 aromatic rings. The molecule has 0 aromatic carbocycles. The Morgan fingerprint density at radius 2 is 0.848 bits per heavy atom. The van der Waals surface area contributed by atoms with Crippen molar-refractivity contribution in [1.29, 1.82) is 0 Å². The van der Waals surface area contributed by atoms with E-state index >= 15 is 0 Å². The van der Waals surface area contributed by atoms with E-state index in [4.69, 9.17) is 14.2 Å². The van der Waals surface area contributed by atoms with Gasteiger partial charge < -0.3 is 23.8 Å². The molecule has 0 saturated carbocycles. The van der Waals surface area contributed by atoms with Crippen molar-refractivity contribution in [3.05, 3.63) is 36.5 Å². The first-order valence-corrected chi connectivity index (χ1v) is 28.0. The number of carbonyl (C=O) groups is 3. The number of likely N-dealkylation sites (N-methyl/N-ethyl adjacent to an activating group) is 1. The topological polar surface area (TPSA) is 99.1 Å². The highest BCUT2D eigenvalue weighted by atomic mass is 16.6. The minimum Gasteiger partial charge on any atom is -0.477 e. The van der Waals surface area contributed by atoms with Crippen molar-refractivity contribution in [2.45, 2.75) is 276 Å². The summed E-state index contributed by atoms with van der Waals surface area (Å²) in [7, 11) is 5.55. The molecule has 0 radical (unpaired) electrons. The highest BCUT2D eigenvalue weighted by molar-refractivity contribution is 5.72. The molecular weight excluding hydrogens is 823 g/mol. The van der Waals surface area contributed by atoms with Crippen LogP contribution in [0, 0.1) is 0 Å². The molecule has 0 aliphatic heterocycles. The van der Waals surface area contributed by atoms with Gasteiger partial charge in [-0.25, -0.2) is 4.79 Å². The summed E-state index contributed by atoms with van der Waals surface area (Å²) in [5.74, 6) is -1.46. The largest absolute Gasteiger partial charge is 0.477 e. The van der Waals surface area contributed by atoms with Gasteiger partial charge in [0.2, 0.25) is 0 Å². The zero-order valence-electron chi connectivity index (χ0n) is 44.2. The fraction of sp³-hybridized carbons (Fsp3) is 0.845. The Bertz CT molecular complexity index is 1170. The van der Waals surface area contributed by atoms with Crippen LogP contribution in [0.25, 0.3) is 0 Å². The maximum absolute atomic E-state index is 12.8.